The highest BCUT2D eigenvalue weighted by atomic mass is 16.2. The molecule has 4 nitrogen and oxygen atoms in total. The third-order valence-electron chi connectivity index (χ3n) is 1.95. The smallest absolute Gasteiger partial charge is 0.237 e. The Kier molecular flexibility index (Phi) is 2.12. The van der Waals surface area contributed by atoms with Crippen molar-refractivity contribution in [3.8, 4) is 0 Å². The van der Waals surface area contributed by atoms with Gasteiger partial charge in [0.15, 0.2) is 0 Å². The molecule has 0 aromatic rings. The molecule has 0 radical (unpaired) electrons. The van der Waals surface area contributed by atoms with Crippen LogP contribution in [0.2, 0.25) is 0 Å². The van der Waals surface area contributed by atoms with Gasteiger partial charge in [-0.1, -0.05) is 0 Å². The van der Waals surface area contributed by atoms with Gasteiger partial charge in [0.1, 0.15) is 0 Å². The topological polar surface area (TPSA) is 63.4 Å². The number of likely N-dealkylation sites (tertiary alicyclic amines) is 1. The number of nitrogens with two attached hydrogens (primary N) is 1. The van der Waals surface area contributed by atoms with Gasteiger partial charge in [0.2, 0.25) is 11.8 Å². The van der Waals surface area contributed by atoms with Crippen molar-refractivity contribution in [1.82, 2.24) is 4.90 Å². The van der Waals surface area contributed by atoms with Gasteiger partial charge in [0.25, 0.3) is 0 Å². The molecule has 0 bridgehead atoms. The third-order valence-corrected chi connectivity index (χ3v) is 1.95. The van der Waals surface area contributed by atoms with E-state index in [4.69, 9.17) is 5.73 Å². The molecule has 1 heterocycles. The number of hydrogen-bond donors (Lipinski definition) is 1. The average Bonchev–Trinajstić information content (AvgIpc) is 2.18. The Morgan fingerprint density at radius 1 is 1.82 bits per heavy atom. The number of carbonyl (C=O) groups excluding carboxylic acids is 2. The Hall–Kier alpha value is -1.06. The minimum absolute atomic E-state index is 0.0382. The first kappa shape index (κ1) is 8.04. The first-order valence-electron chi connectivity index (χ1n) is 3.69. The molecule has 1 unspecified atom stereocenters. The van der Waals surface area contributed by atoms with Crippen LogP contribution in [-0.2, 0) is 9.59 Å². The summed E-state index contributed by atoms with van der Waals surface area (Å²) in [5.41, 5.74) is 4.96. The minimum atomic E-state index is -0.438. The lowest BCUT2D eigenvalue weighted by Crippen LogP contribution is -2.38. The fourth-order valence-electron chi connectivity index (χ4n) is 1.29. The first-order valence-corrected chi connectivity index (χ1v) is 3.69. The quantitative estimate of drug-likeness (QED) is 0.584. The van der Waals surface area contributed by atoms with Gasteiger partial charge in [-0.2, -0.15) is 0 Å². The van der Waals surface area contributed by atoms with E-state index in [1.807, 2.05) is 6.92 Å². The van der Waals surface area contributed by atoms with Gasteiger partial charge in [-0.25, -0.2) is 0 Å². The molecule has 0 aromatic carbocycles. The van der Waals surface area contributed by atoms with E-state index in [9.17, 15) is 9.59 Å². The Morgan fingerprint density at radius 3 is 2.82 bits per heavy atom. The van der Waals surface area contributed by atoms with E-state index in [-0.39, 0.29) is 18.5 Å². The molecule has 62 valence electrons. The molecule has 1 aliphatic rings. The predicted molar refractivity (Wildman–Crippen MR) is 39.6 cm³/mol. The van der Waals surface area contributed by atoms with Gasteiger partial charge in [-0.3, -0.25) is 9.59 Å². The Labute approximate surface area is 65.3 Å². The maximum absolute atomic E-state index is 11.0. The number of primary amides is 1. The fourth-order valence-corrected chi connectivity index (χ4v) is 1.29. The largest absolute Gasteiger partial charge is 0.368 e. The zero-order valence-electron chi connectivity index (χ0n) is 6.54. The van der Waals surface area contributed by atoms with E-state index < -0.39 is 5.91 Å². The normalized spacial score (nSPS) is 24.3. The van der Waals surface area contributed by atoms with Crippen LogP contribution in [0.4, 0.5) is 0 Å². The van der Waals surface area contributed by atoms with E-state index in [0.717, 1.165) is 6.42 Å². The highest BCUT2D eigenvalue weighted by molar-refractivity contribution is 5.85. The molecular formula is C7H12N2O2. The lowest BCUT2D eigenvalue weighted by molar-refractivity contribution is -0.133. The van der Waals surface area contributed by atoms with E-state index in [1.165, 1.54) is 4.90 Å². The zero-order chi connectivity index (χ0) is 8.43. The van der Waals surface area contributed by atoms with Crippen LogP contribution < -0.4 is 5.73 Å². The molecule has 2 N–H and O–H groups in total. The molecule has 0 spiro atoms. The molecule has 11 heavy (non-hydrogen) atoms. The summed E-state index contributed by atoms with van der Waals surface area (Å²) in [4.78, 5) is 23.0. The highest BCUT2D eigenvalue weighted by Crippen LogP contribution is 2.16. The number of rotatable bonds is 2. The predicted octanol–water partition coefficient (Wildman–Crippen LogP) is -0.517. The molecule has 1 fully saturated rings. The number of amides is 2. The van der Waals surface area contributed by atoms with Crippen LogP contribution in [0.25, 0.3) is 0 Å². The second-order valence-electron chi connectivity index (χ2n) is 2.88. The molecule has 1 atom stereocenters. The van der Waals surface area contributed by atoms with E-state index in [0.29, 0.717) is 6.42 Å². The van der Waals surface area contributed by atoms with Crippen molar-refractivity contribution < 1.29 is 9.59 Å². The molecule has 4 heteroatoms. The first-order chi connectivity index (χ1) is 5.11. The summed E-state index contributed by atoms with van der Waals surface area (Å²) in [6, 6.07) is 0.176. The van der Waals surface area contributed by atoms with Crippen molar-refractivity contribution in [3.05, 3.63) is 0 Å². The average molecular weight is 156 g/mol. The highest BCUT2D eigenvalue weighted by Gasteiger charge is 2.27. The second kappa shape index (κ2) is 2.90. The Bertz CT molecular complexity index is 191. The molecule has 0 aliphatic carbocycles. The van der Waals surface area contributed by atoms with Crippen molar-refractivity contribution in [3.63, 3.8) is 0 Å². The van der Waals surface area contributed by atoms with Gasteiger partial charge in [0, 0.05) is 12.5 Å². The van der Waals surface area contributed by atoms with E-state index in [1.54, 1.807) is 0 Å². The van der Waals surface area contributed by atoms with Gasteiger partial charge in [0.05, 0.1) is 6.54 Å². The summed E-state index contributed by atoms with van der Waals surface area (Å²) < 4.78 is 0. The molecule has 1 saturated heterocycles. The SMILES string of the molecule is CC1CCC(=O)N1CC(N)=O. The summed E-state index contributed by atoms with van der Waals surface area (Å²) in [5.74, 6) is -0.400. The molecule has 1 aliphatic heterocycles. The van der Waals surface area contributed by atoms with Crippen molar-refractivity contribution in [2.24, 2.45) is 5.73 Å². The summed E-state index contributed by atoms with van der Waals surface area (Å²) in [6.45, 7) is 1.99. The van der Waals surface area contributed by atoms with Crippen molar-refractivity contribution in [1.29, 1.82) is 0 Å². The molecule has 0 saturated carbocycles. The van der Waals surface area contributed by atoms with Crippen LogP contribution in [0.15, 0.2) is 0 Å². The van der Waals surface area contributed by atoms with Crippen LogP contribution in [0.5, 0.6) is 0 Å². The molecule has 2 amide bonds. The lowest BCUT2D eigenvalue weighted by Gasteiger charge is -2.18. The second-order valence-corrected chi connectivity index (χ2v) is 2.88. The summed E-state index contributed by atoms with van der Waals surface area (Å²) in [5, 5.41) is 0. The van der Waals surface area contributed by atoms with Crippen LogP contribution >= 0.6 is 0 Å². The maximum Gasteiger partial charge on any atom is 0.237 e. The van der Waals surface area contributed by atoms with Gasteiger partial charge >= 0.3 is 0 Å². The van der Waals surface area contributed by atoms with Crippen LogP contribution in [0.3, 0.4) is 0 Å². The van der Waals surface area contributed by atoms with Gasteiger partial charge < -0.3 is 10.6 Å². The molecule has 0 aromatic heterocycles. The summed E-state index contributed by atoms with van der Waals surface area (Å²) in [6.07, 6.45) is 1.39. The molecule has 1 rings (SSSR count). The standard InChI is InChI=1S/C7H12N2O2/c1-5-2-3-7(11)9(5)4-6(8)10/h5H,2-4H2,1H3,(H2,8,10). The molecular weight excluding hydrogens is 144 g/mol. The summed E-state index contributed by atoms with van der Waals surface area (Å²) >= 11 is 0. The third kappa shape index (κ3) is 1.69. The van der Waals surface area contributed by atoms with Gasteiger partial charge in [-0.05, 0) is 13.3 Å². The number of carbonyl (C=O) groups is 2. The Balaban J connectivity index is 2.54. The van der Waals surface area contributed by atoms with Crippen LogP contribution in [-0.4, -0.2) is 29.3 Å². The van der Waals surface area contributed by atoms with Crippen LogP contribution in [0.1, 0.15) is 19.8 Å². The fraction of sp³-hybridized carbons (Fsp3) is 0.714. The lowest BCUT2D eigenvalue weighted by atomic mass is 10.2. The van der Waals surface area contributed by atoms with Crippen molar-refractivity contribution in [2.45, 2.75) is 25.8 Å². The van der Waals surface area contributed by atoms with E-state index >= 15 is 0 Å². The van der Waals surface area contributed by atoms with Crippen molar-refractivity contribution in [2.75, 3.05) is 6.54 Å². The summed E-state index contributed by atoms with van der Waals surface area (Å²) in [7, 11) is 0. The Morgan fingerprint density at radius 2 is 2.45 bits per heavy atom. The van der Waals surface area contributed by atoms with Crippen LogP contribution in [0, 0.1) is 0 Å². The number of nitrogens with zero attached hydrogens (tertiary/aromatic N) is 1. The number of hydrogen-bond acceptors (Lipinski definition) is 2. The van der Waals surface area contributed by atoms with Gasteiger partial charge in [-0.15, -0.1) is 0 Å². The minimum Gasteiger partial charge on any atom is -0.368 e. The van der Waals surface area contributed by atoms with Crippen molar-refractivity contribution >= 4 is 11.8 Å². The maximum atomic E-state index is 11.0. The zero-order valence-corrected chi connectivity index (χ0v) is 6.54. The van der Waals surface area contributed by atoms with E-state index in [2.05, 4.69) is 0 Å². The monoisotopic (exact) mass is 156 g/mol.